The highest BCUT2D eigenvalue weighted by atomic mass is 16.6. The van der Waals surface area contributed by atoms with Gasteiger partial charge in [0.15, 0.2) is 5.69 Å². The molecule has 0 amide bonds. The Kier molecular flexibility index (Phi) is 9.32. The lowest BCUT2D eigenvalue weighted by Gasteiger charge is -2.53. The van der Waals surface area contributed by atoms with Gasteiger partial charge in [-0.2, -0.15) is 0 Å². The van der Waals surface area contributed by atoms with Gasteiger partial charge in [0.1, 0.15) is 12.8 Å². The Morgan fingerprint density at radius 3 is 2.15 bits per heavy atom. The molecule has 1 aromatic carbocycles. The average Bonchev–Trinajstić information content (AvgIpc) is 2.93. The van der Waals surface area contributed by atoms with Gasteiger partial charge in [-0.05, 0) is 50.7 Å². The molecule has 1 aromatic heterocycles. The van der Waals surface area contributed by atoms with Crippen LogP contribution in [0.4, 0.5) is 0 Å². The zero-order chi connectivity index (χ0) is 27.2. The van der Waals surface area contributed by atoms with Crippen molar-refractivity contribution in [2.45, 2.75) is 127 Å². The van der Waals surface area contributed by atoms with Crippen LogP contribution >= 0.6 is 0 Å². The van der Waals surface area contributed by atoms with Crippen LogP contribution in [0.2, 0.25) is 0 Å². The number of aromatic nitrogens is 2. The predicted octanol–water partition coefficient (Wildman–Crippen LogP) is 6.06. The summed E-state index contributed by atoms with van der Waals surface area (Å²) in [6, 6.07) is 9.54. The number of oxime groups is 1. The Morgan fingerprint density at radius 1 is 0.897 bits per heavy atom. The van der Waals surface area contributed by atoms with Crippen LogP contribution in [-0.4, -0.2) is 56.5 Å². The number of benzene rings is 1. The standard InChI is InChI=1S/C31H44N4O4/c1-39-33-27(18-19-29(36)37)30-31(38)35(28-17-10-9-16-26(28)32-30)25-20-23-14-11-15-24(21-25)34(23)22-12-7-5-3-2-4-6-8-13-22/h9-10,16-17,22-25H,2-8,11-15,18-21H2,1H3,(H,36,37)/t23-,24?,25+/m1/s1. The molecule has 8 nitrogen and oxygen atoms in total. The number of hydrogen-bond acceptors (Lipinski definition) is 6. The van der Waals surface area contributed by atoms with Crippen LogP contribution < -0.4 is 5.56 Å². The van der Waals surface area contributed by atoms with E-state index in [1.165, 1.54) is 84.2 Å². The molecule has 212 valence electrons. The second kappa shape index (κ2) is 13.1. The quantitative estimate of drug-likeness (QED) is 0.341. The first-order chi connectivity index (χ1) is 19.1. The van der Waals surface area contributed by atoms with Crippen LogP contribution in [0.15, 0.2) is 34.2 Å². The summed E-state index contributed by atoms with van der Waals surface area (Å²) in [5, 5.41) is 13.3. The molecule has 1 aliphatic carbocycles. The molecule has 1 unspecified atom stereocenters. The highest BCUT2D eigenvalue weighted by Crippen LogP contribution is 2.42. The number of nitrogens with zero attached hydrogens (tertiary/aromatic N) is 4. The van der Waals surface area contributed by atoms with Gasteiger partial charge in [0.2, 0.25) is 0 Å². The predicted molar refractivity (Wildman–Crippen MR) is 153 cm³/mol. The van der Waals surface area contributed by atoms with E-state index in [0.29, 0.717) is 23.8 Å². The van der Waals surface area contributed by atoms with E-state index in [1.807, 2.05) is 28.8 Å². The summed E-state index contributed by atoms with van der Waals surface area (Å²) in [7, 11) is 1.41. The number of carbonyl (C=O) groups is 1. The van der Waals surface area contributed by atoms with Crippen molar-refractivity contribution in [1.29, 1.82) is 0 Å². The summed E-state index contributed by atoms with van der Waals surface area (Å²) < 4.78 is 1.96. The molecule has 3 fully saturated rings. The Bertz CT molecular complexity index is 1200. The number of piperidine rings is 2. The fraction of sp³-hybridized carbons (Fsp3) is 0.677. The number of aliphatic carboxylic acids is 1. The van der Waals surface area contributed by atoms with Crippen molar-refractivity contribution < 1.29 is 14.7 Å². The molecule has 3 heterocycles. The normalized spacial score (nSPS) is 25.9. The van der Waals surface area contributed by atoms with Gasteiger partial charge < -0.3 is 14.5 Å². The lowest BCUT2D eigenvalue weighted by molar-refractivity contribution is -0.136. The fourth-order valence-corrected chi connectivity index (χ4v) is 7.53. The summed E-state index contributed by atoms with van der Waals surface area (Å²) in [6.07, 6.45) is 17.7. The number of para-hydroxylation sites is 2. The summed E-state index contributed by atoms with van der Waals surface area (Å²) >= 11 is 0. The van der Waals surface area contributed by atoms with Gasteiger partial charge in [-0.1, -0.05) is 68.7 Å². The van der Waals surface area contributed by atoms with Gasteiger partial charge >= 0.3 is 5.97 Å². The maximum atomic E-state index is 14.1. The van der Waals surface area contributed by atoms with Gasteiger partial charge in [-0.25, -0.2) is 4.98 Å². The first kappa shape index (κ1) is 27.8. The third-order valence-corrected chi connectivity index (χ3v) is 9.21. The van der Waals surface area contributed by atoms with Crippen molar-refractivity contribution in [1.82, 2.24) is 14.5 Å². The van der Waals surface area contributed by atoms with Gasteiger partial charge in [0.05, 0.1) is 17.5 Å². The van der Waals surface area contributed by atoms with Crippen LogP contribution in [0.1, 0.15) is 114 Å². The van der Waals surface area contributed by atoms with E-state index in [2.05, 4.69) is 15.0 Å². The van der Waals surface area contributed by atoms with E-state index in [-0.39, 0.29) is 30.1 Å². The molecule has 2 bridgehead atoms. The number of carboxylic acid groups (broad SMARTS) is 1. The van der Waals surface area contributed by atoms with E-state index in [4.69, 9.17) is 4.84 Å². The minimum absolute atomic E-state index is 0.0819. The van der Waals surface area contributed by atoms with Crippen molar-refractivity contribution in [3.8, 4) is 0 Å². The third-order valence-electron chi connectivity index (χ3n) is 9.21. The van der Waals surface area contributed by atoms with Crippen LogP contribution in [0, 0.1) is 0 Å². The molecule has 2 saturated heterocycles. The maximum Gasteiger partial charge on any atom is 0.303 e. The summed E-state index contributed by atoms with van der Waals surface area (Å²) in [5.74, 6) is -0.944. The van der Waals surface area contributed by atoms with E-state index in [0.717, 1.165) is 23.9 Å². The third kappa shape index (κ3) is 6.37. The minimum Gasteiger partial charge on any atom is -0.481 e. The Hall–Kier alpha value is -2.74. The maximum absolute atomic E-state index is 14.1. The Balaban J connectivity index is 1.48. The smallest absolute Gasteiger partial charge is 0.303 e. The van der Waals surface area contributed by atoms with Crippen molar-refractivity contribution in [3.05, 3.63) is 40.3 Å². The monoisotopic (exact) mass is 536 g/mol. The number of carboxylic acids is 1. The minimum atomic E-state index is -0.944. The molecule has 3 atom stereocenters. The van der Waals surface area contributed by atoms with Crippen LogP contribution in [-0.2, 0) is 9.63 Å². The second-order valence-corrected chi connectivity index (χ2v) is 11.8. The zero-order valence-electron chi connectivity index (χ0n) is 23.4. The van der Waals surface area contributed by atoms with Crippen LogP contribution in [0.25, 0.3) is 11.0 Å². The fourth-order valence-electron chi connectivity index (χ4n) is 7.53. The van der Waals surface area contributed by atoms with Crippen molar-refractivity contribution in [2.24, 2.45) is 5.16 Å². The molecule has 0 spiro atoms. The van der Waals surface area contributed by atoms with E-state index < -0.39 is 5.97 Å². The Morgan fingerprint density at radius 2 is 1.51 bits per heavy atom. The van der Waals surface area contributed by atoms with Gasteiger partial charge in [-0.3, -0.25) is 14.5 Å². The van der Waals surface area contributed by atoms with Crippen LogP contribution in [0.5, 0.6) is 0 Å². The van der Waals surface area contributed by atoms with Crippen molar-refractivity contribution in [2.75, 3.05) is 7.11 Å². The van der Waals surface area contributed by atoms with Crippen molar-refractivity contribution in [3.63, 3.8) is 0 Å². The lowest BCUT2D eigenvalue weighted by atomic mass is 9.79. The number of hydrogen-bond donors (Lipinski definition) is 1. The van der Waals surface area contributed by atoms with E-state index >= 15 is 0 Å². The van der Waals surface area contributed by atoms with Crippen molar-refractivity contribution >= 4 is 22.7 Å². The molecule has 5 rings (SSSR count). The molecule has 39 heavy (non-hydrogen) atoms. The zero-order valence-corrected chi connectivity index (χ0v) is 23.4. The largest absolute Gasteiger partial charge is 0.481 e. The summed E-state index contributed by atoms with van der Waals surface area (Å²) in [5.41, 5.74) is 1.88. The molecular weight excluding hydrogens is 492 g/mol. The molecule has 2 aliphatic heterocycles. The molecule has 0 radical (unpaired) electrons. The lowest BCUT2D eigenvalue weighted by Crippen LogP contribution is -2.57. The van der Waals surface area contributed by atoms with Gasteiger partial charge in [0.25, 0.3) is 5.56 Å². The molecule has 2 aromatic rings. The molecular formula is C31H44N4O4. The molecule has 3 aliphatic rings. The Labute approximate surface area is 231 Å². The summed E-state index contributed by atoms with van der Waals surface area (Å²) in [6.45, 7) is 0. The van der Waals surface area contributed by atoms with E-state index in [9.17, 15) is 14.7 Å². The number of fused-ring (bicyclic) bond motifs is 3. The molecule has 1 saturated carbocycles. The summed E-state index contributed by atoms with van der Waals surface area (Å²) in [4.78, 5) is 38.0. The average molecular weight is 537 g/mol. The van der Waals surface area contributed by atoms with Gasteiger partial charge in [-0.15, -0.1) is 0 Å². The van der Waals surface area contributed by atoms with E-state index in [1.54, 1.807) is 0 Å². The molecule has 8 heteroatoms. The highest BCUT2D eigenvalue weighted by molar-refractivity contribution is 6.00. The SMILES string of the molecule is CON=C(CCC(=O)O)c1nc2ccccc2n([C@@H]2CC3CCC[C@H](C2)N3C2CCCCCCCCC2)c1=O. The highest BCUT2D eigenvalue weighted by Gasteiger charge is 2.42. The first-order valence-corrected chi connectivity index (χ1v) is 15.2. The first-order valence-electron chi connectivity index (χ1n) is 15.2. The number of rotatable bonds is 7. The van der Waals surface area contributed by atoms with Crippen LogP contribution in [0.3, 0.4) is 0 Å². The second-order valence-electron chi connectivity index (χ2n) is 11.8. The topological polar surface area (TPSA) is 97.0 Å². The van der Waals surface area contributed by atoms with Gasteiger partial charge in [0, 0.05) is 30.6 Å². The molecule has 1 N–H and O–H groups in total.